The highest BCUT2D eigenvalue weighted by Crippen LogP contribution is 2.28. The summed E-state index contributed by atoms with van der Waals surface area (Å²) in [6.45, 7) is 3.68. The van der Waals surface area contributed by atoms with Gasteiger partial charge in [0.1, 0.15) is 11.8 Å². The van der Waals surface area contributed by atoms with E-state index >= 15 is 0 Å². The van der Waals surface area contributed by atoms with Crippen LogP contribution in [0, 0.1) is 0 Å². The van der Waals surface area contributed by atoms with E-state index in [1.165, 1.54) is 4.90 Å². The van der Waals surface area contributed by atoms with Crippen molar-refractivity contribution in [1.82, 2.24) is 10.2 Å². The van der Waals surface area contributed by atoms with Gasteiger partial charge in [0.2, 0.25) is 5.91 Å². The summed E-state index contributed by atoms with van der Waals surface area (Å²) in [5.74, 6) is -0.102. The van der Waals surface area contributed by atoms with E-state index in [9.17, 15) is 9.59 Å². The lowest BCUT2D eigenvalue weighted by atomic mass is 10.0. The van der Waals surface area contributed by atoms with Crippen molar-refractivity contribution >= 4 is 50.9 Å². The van der Waals surface area contributed by atoms with Crippen molar-refractivity contribution in [3.63, 3.8) is 0 Å². The number of nitrogens with one attached hydrogen (secondary N) is 1. The van der Waals surface area contributed by atoms with Gasteiger partial charge in [0.25, 0.3) is 5.91 Å². The van der Waals surface area contributed by atoms with Crippen LogP contribution >= 0.6 is 39.1 Å². The van der Waals surface area contributed by atoms with Gasteiger partial charge < -0.3 is 15.0 Å². The van der Waals surface area contributed by atoms with Crippen LogP contribution in [0.15, 0.2) is 77.3 Å². The number of benzene rings is 3. The third-order valence-electron chi connectivity index (χ3n) is 5.25. The number of hydrogen-bond donors (Lipinski definition) is 1. The Morgan fingerprint density at radius 2 is 1.69 bits per heavy atom. The SMILES string of the molecule is CC(C)NC(=O)[C@H](Cc1ccccc1)N(Cc1ccccc1Cl)C(=O)COc1ccc(Cl)cc1Br. The third kappa shape index (κ3) is 7.99. The summed E-state index contributed by atoms with van der Waals surface area (Å²) < 4.78 is 6.44. The Kier molecular flexibility index (Phi) is 10.0. The molecule has 5 nitrogen and oxygen atoms in total. The Bertz CT molecular complexity index is 1160. The molecule has 0 radical (unpaired) electrons. The predicted octanol–water partition coefficient (Wildman–Crippen LogP) is 6.30. The van der Waals surface area contributed by atoms with Gasteiger partial charge in [-0.15, -0.1) is 0 Å². The second-order valence-electron chi connectivity index (χ2n) is 8.35. The summed E-state index contributed by atoms with van der Waals surface area (Å²) in [6, 6.07) is 21.1. The number of hydrogen-bond acceptors (Lipinski definition) is 3. The summed E-state index contributed by atoms with van der Waals surface area (Å²) in [4.78, 5) is 28.5. The molecule has 8 heteroatoms. The lowest BCUT2D eigenvalue weighted by molar-refractivity contribution is -0.143. The third-order valence-corrected chi connectivity index (χ3v) is 6.47. The molecule has 2 amide bonds. The molecule has 1 N–H and O–H groups in total. The molecule has 0 spiro atoms. The number of ether oxygens (including phenoxy) is 1. The summed E-state index contributed by atoms with van der Waals surface area (Å²) in [5, 5.41) is 4.03. The summed E-state index contributed by atoms with van der Waals surface area (Å²) in [6.07, 6.45) is 0.347. The number of halogens is 3. The van der Waals surface area contributed by atoms with E-state index in [0.29, 0.717) is 26.7 Å². The Morgan fingerprint density at radius 3 is 2.34 bits per heavy atom. The fraction of sp³-hybridized carbons (Fsp3) is 0.259. The quantitative estimate of drug-likeness (QED) is 0.308. The maximum absolute atomic E-state index is 13.6. The monoisotopic (exact) mass is 576 g/mol. The first-order chi connectivity index (χ1) is 16.7. The van der Waals surface area contributed by atoms with Crippen molar-refractivity contribution in [2.24, 2.45) is 0 Å². The Morgan fingerprint density at radius 1 is 1.00 bits per heavy atom. The molecule has 35 heavy (non-hydrogen) atoms. The number of carbonyl (C=O) groups is 2. The second kappa shape index (κ2) is 13.0. The molecule has 3 aromatic carbocycles. The van der Waals surface area contributed by atoms with E-state index in [-0.39, 0.29) is 31.0 Å². The van der Waals surface area contributed by atoms with Crippen molar-refractivity contribution in [3.05, 3.63) is 98.4 Å². The second-order valence-corrected chi connectivity index (χ2v) is 10.0. The van der Waals surface area contributed by atoms with E-state index in [1.54, 1.807) is 24.3 Å². The molecule has 0 aliphatic rings. The zero-order valence-electron chi connectivity index (χ0n) is 19.5. The van der Waals surface area contributed by atoms with Gasteiger partial charge in [-0.25, -0.2) is 0 Å². The first-order valence-electron chi connectivity index (χ1n) is 11.2. The van der Waals surface area contributed by atoms with Gasteiger partial charge in [-0.05, 0) is 65.2 Å². The highest BCUT2D eigenvalue weighted by atomic mass is 79.9. The van der Waals surface area contributed by atoms with Crippen molar-refractivity contribution in [2.45, 2.75) is 38.9 Å². The van der Waals surface area contributed by atoms with Crippen molar-refractivity contribution < 1.29 is 14.3 Å². The molecule has 1 atom stereocenters. The minimum atomic E-state index is -0.763. The van der Waals surface area contributed by atoms with Crippen LogP contribution in [0.1, 0.15) is 25.0 Å². The summed E-state index contributed by atoms with van der Waals surface area (Å²) in [7, 11) is 0. The first kappa shape index (κ1) is 27.1. The highest BCUT2D eigenvalue weighted by molar-refractivity contribution is 9.10. The van der Waals surface area contributed by atoms with E-state index in [4.69, 9.17) is 27.9 Å². The Hall–Kier alpha value is -2.54. The van der Waals surface area contributed by atoms with Crippen LogP contribution in [0.2, 0.25) is 10.0 Å². The average molecular weight is 578 g/mol. The molecule has 0 bridgehead atoms. The Balaban J connectivity index is 1.93. The molecule has 0 aromatic heterocycles. The summed E-state index contributed by atoms with van der Waals surface area (Å²) in [5.41, 5.74) is 1.68. The summed E-state index contributed by atoms with van der Waals surface area (Å²) >= 11 is 15.8. The molecule has 0 aliphatic heterocycles. The van der Waals surface area contributed by atoms with Gasteiger partial charge in [-0.3, -0.25) is 9.59 Å². The van der Waals surface area contributed by atoms with Crippen LogP contribution in [-0.2, 0) is 22.6 Å². The molecule has 0 aliphatic carbocycles. The number of carbonyl (C=O) groups excluding carboxylic acids is 2. The van der Waals surface area contributed by atoms with Gasteiger partial charge in [-0.2, -0.15) is 0 Å². The van der Waals surface area contributed by atoms with Crippen molar-refractivity contribution in [1.29, 1.82) is 0 Å². The number of nitrogens with zero attached hydrogens (tertiary/aromatic N) is 1. The normalized spacial score (nSPS) is 11.7. The molecule has 0 saturated carbocycles. The van der Waals surface area contributed by atoms with E-state index in [1.807, 2.05) is 62.4 Å². The molecule has 0 heterocycles. The molecule has 0 unspecified atom stereocenters. The van der Waals surface area contributed by atoms with Gasteiger partial charge >= 0.3 is 0 Å². The van der Waals surface area contributed by atoms with Crippen LogP contribution in [0.5, 0.6) is 5.75 Å². The van der Waals surface area contributed by atoms with Gasteiger partial charge in [0.15, 0.2) is 6.61 Å². The molecule has 184 valence electrons. The lowest BCUT2D eigenvalue weighted by Crippen LogP contribution is -2.52. The maximum Gasteiger partial charge on any atom is 0.261 e. The standard InChI is InChI=1S/C27H27BrCl2N2O3/c1-18(2)31-27(34)24(14-19-8-4-3-5-9-19)32(16-20-10-6-7-11-23(20)30)26(33)17-35-25-13-12-21(29)15-22(25)28/h3-13,15,18,24H,14,16-17H2,1-2H3,(H,31,34)/t24-/m0/s1. The van der Waals surface area contributed by atoms with Crippen LogP contribution in [0.25, 0.3) is 0 Å². The molecular weight excluding hydrogens is 551 g/mol. The maximum atomic E-state index is 13.6. The molecule has 0 fully saturated rings. The van der Waals surface area contributed by atoms with Gasteiger partial charge in [-0.1, -0.05) is 71.7 Å². The predicted molar refractivity (Wildman–Crippen MR) is 144 cm³/mol. The zero-order valence-corrected chi connectivity index (χ0v) is 22.6. The van der Waals surface area contributed by atoms with Crippen LogP contribution in [0.3, 0.4) is 0 Å². The molecule has 3 rings (SSSR count). The largest absolute Gasteiger partial charge is 0.483 e. The fourth-order valence-electron chi connectivity index (χ4n) is 3.56. The highest BCUT2D eigenvalue weighted by Gasteiger charge is 2.31. The zero-order chi connectivity index (χ0) is 25.4. The molecule has 0 saturated heterocycles. The topological polar surface area (TPSA) is 58.6 Å². The van der Waals surface area contributed by atoms with Crippen LogP contribution in [0.4, 0.5) is 0 Å². The van der Waals surface area contributed by atoms with Crippen LogP contribution in [-0.4, -0.2) is 35.4 Å². The number of rotatable bonds is 10. The molecular formula is C27H27BrCl2N2O3. The van der Waals surface area contributed by atoms with Crippen molar-refractivity contribution in [3.8, 4) is 5.75 Å². The van der Waals surface area contributed by atoms with Gasteiger partial charge in [0, 0.05) is 29.1 Å². The Labute approximate surface area is 224 Å². The minimum absolute atomic E-state index is 0.0840. The number of amides is 2. The fourth-order valence-corrected chi connectivity index (χ4v) is 4.55. The molecule has 3 aromatic rings. The lowest BCUT2D eigenvalue weighted by Gasteiger charge is -2.32. The van der Waals surface area contributed by atoms with Crippen LogP contribution < -0.4 is 10.1 Å². The van der Waals surface area contributed by atoms with E-state index in [2.05, 4.69) is 21.2 Å². The van der Waals surface area contributed by atoms with E-state index < -0.39 is 6.04 Å². The van der Waals surface area contributed by atoms with Crippen molar-refractivity contribution in [2.75, 3.05) is 6.61 Å². The first-order valence-corrected chi connectivity index (χ1v) is 12.7. The van der Waals surface area contributed by atoms with Gasteiger partial charge in [0.05, 0.1) is 4.47 Å². The van der Waals surface area contributed by atoms with E-state index in [0.717, 1.165) is 11.1 Å². The average Bonchev–Trinajstić information content (AvgIpc) is 2.82. The smallest absolute Gasteiger partial charge is 0.261 e. The minimum Gasteiger partial charge on any atom is -0.483 e.